The summed E-state index contributed by atoms with van der Waals surface area (Å²) in [4.78, 5) is 0. The van der Waals surface area contributed by atoms with Crippen LogP contribution in [0.15, 0.2) is 18.5 Å². The van der Waals surface area contributed by atoms with Gasteiger partial charge in [-0.1, -0.05) is 34.1 Å². The van der Waals surface area contributed by atoms with Gasteiger partial charge in [-0.05, 0) is 6.07 Å². The first-order chi connectivity index (χ1) is 4.91. The molecular weight excluding hydrogens is 124 g/mol. The Balaban J connectivity index is 0. The van der Waals surface area contributed by atoms with Gasteiger partial charge < -0.3 is 0 Å². The monoisotopic (exact) mass is 142 g/mol. The fourth-order valence-electron chi connectivity index (χ4n) is 0.215. The van der Waals surface area contributed by atoms with Crippen molar-refractivity contribution in [3.63, 3.8) is 0 Å². The molecule has 0 saturated heterocycles. The third-order valence-corrected chi connectivity index (χ3v) is 0.406. The summed E-state index contributed by atoms with van der Waals surface area (Å²) < 4.78 is 0. The molecule has 0 bridgehead atoms. The highest BCUT2D eigenvalue weighted by molar-refractivity contribution is 4.72. The van der Waals surface area contributed by atoms with Gasteiger partial charge in [0, 0.05) is 12.4 Å². The number of aromatic nitrogens is 2. The van der Waals surface area contributed by atoms with Crippen LogP contribution in [0.1, 0.15) is 34.1 Å². The maximum absolute atomic E-state index is 3.60. The molecule has 0 aliphatic carbocycles. The first kappa shape index (κ1) is 11.9. The molecule has 0 atom stereocenters. The van der Waals surface area contributed by atoms with E-state index in [1.807, 2.05) is 19.9 Å². The minimum Gasteiger partial charge on any atom is -0.286 e. The van der Waals surface area contributed by atoms with Gasteiger partial charge in [0.15, 0.2) is 0 Å². The fraction of sp³-hybridized carbons (Fsp3) is 0.625. The van der Waals surface area contributed by atoms with Crippen molar-refractivity contribution in [1.29, 1.82) is 0 Å². The van der Waals surface area contributed by atoms with Crippen molar-refractivity contribution in [1.82, 2.24) is 10.2 Å². The Labute approximate surface area is 63.7 Å². The van der Waals surface area contributed by atoms with Crippen LogP contribution < -0.4 is 0 Å². The van der Waals surface area contributed by atoms with Crippen molar-refractivity contribution in [2.24, 2.45) is 0 Å². The number of nitrogens with one attached hydrogen (secondary N) is 1. The molecule has 0 radical (unpaired) electrons. The van der Waals surface area contributed by atoms with Gasteiger partial charge in [0.1, 0.15) is 0 Å². The highest BCUT2D eigenvalue weighted by Crippen LogP contribution is 1.64. The summed E-state index contributed by atoms with van der Waals surface area (Å²) in [6.07, 6.45) is 4.71. The van der Waals surface area contributed by atoms with Gasteiger partial charge in [-0.3, -0.25) is 5.10 Å². The van der Waals surface area contributed by atoms with Crippen molar-refractivity contribution in [3.8, 4) is 0 Å². The predicted molar refractivity (Wildman–Crippen MR) is 45.9 cm³/mol. The van der Waals surface area contributed by atoms with Crippen molar-refractivity contribution in [2.45, 2.75) is 34.1 Å². The topological polar surface area (TPSA) is 28.7 Å². The Kier molecular flexibility index (Phi) is 18.8. The average molecular weight is 142 g/mol. The molecule has 2 heteroatoms. The van der Waals surface area contributed by atoms with Crippen LogP contribution >= 0.6 is 0 Å². The SMILES string of the molecule is CC.CCC.c1cn[nH]c1. The van der Waals surface area contributed by atoms with Crippen molar-refractivity contribution in [2.75, 3.05) is 0 Å². The summed E-state index contributed by atoms with van der Waals surface area (Å²) in [5.74, 6) is 0. The highest BCUT2D eigenvalue weighted by Gasteiger charge is 1.56. The maximum atomic E-state index is 3.60. The van der Waals surface area contributed by atoms with E-state index in [4.69, 9.17) is 0 Å². The number of hydrogen-bond donors (Lipinski definition) is 1. The van der Waals surface area contributed by atoms with E-state index in [0.29, 0.717) is 0 Å². The quantitative estimate of drug-likeness (QED) is 0.593. The zero-order chi connectivity index (χ0) is 8.24. The van der Waals surface area contributed by atoms with E-state index in [9.17, 15) is 0 Å². The summed E-state index contributed by atoms with van der Waals surface area (Å²) in [6.45, 7) is 8.25. The van der Waals surface area contributed by atoms with Gasteiger partial charge in [0.25, 0.3) is 0 Å². The van der Waals surface area contributed by atoms with E-state index < -0.39 is 0 Å². The molecule has 10 heavy (non-hydrogen) atoms. The number of H-pyrrole nitrogens is 1. The lowest BCUT2D eigenvalue weighted by Crippen LogP contribution is -1.53. The van der Waals surface area contributed by atoms with Crippen LogP contribution in [-0.4, -0.2) is 10.2 Å². The average Bonchev–Trinajstić information content (AvgIpc) is 2.48. The Bertz CT molecular complexity index is 74.2. The highest BCUT2D eigenvalue weighted by atomic mass is 15.1. The molecule has 0 saturated carbocycles. The van der Waals surface area contributed by atoms with E-state index in [-0.39, 0.29) is 0 Å². The minimum absolute atomic E-state index is 1.25. The molecule has 0 aromatic carbocycles. The van der Waals surface area contributed by atoms with Crippen molar-refractivity contribution >= 4 is 0 Å². The molecule has 2 nitrogen and oxygen atoms in total. The predicted octanol–water partition coefficient (Wildman–Crippen LogP) is 2.85. The Morgan fingerprint density at radius 2 is 1.80 bits per heavy atom. The molecule has 0 aliphatic heterocycles. The van der Waals surface area contributed by atoms with Crippen LogP contribution in [0.2, 0.25) is 0 Å². The Morgan fingerprint density at radius 3 is 1.90 bits per heavy atom. The molecule has 0 fully saturated rings. The normalized spacial score (nSPS) is 6.40. The zero-order valence-electron chi connectivity index (χ0n) is 7.39. The molecule has 1 N–H and O–H groups in total. The molecule has 60 valence electrons. The first-order valence-corrected chi connectivity index (χ1v) is 3.85. The minimum atomic E-state index is 1.25. The van der Waals surface area contributed by atoms with Crippen LogP contribution in [0, 0.1) is 0 Å². The smallest absolute Gasteiger partial charge is 0.0487 e. The van der Waals surface area contributed by atoms with Gasteiger partial charge in [-0.2, -0.15) is 5.10 Å². The second-order valence-electron chi connectivity index (χ2n) is 1.47. The molecule has 1 rings (SSSR count). The summed E-state index contributed by atoms with van der Waals surface area (Å²) >= 11 is 0. The fourth-order valence-corrected chi connectivity index (χ4v) is 0.215. The molecule has 1 heterocycles. The lowest BCUT2D eigenvalue weighted by molar-refractivity contribution is 1.09. The molecule has 0 spiro atoms. The van der Waals surface area contributed by atoms with E-state index >= 15 is 0 Å². The molecule has 0 aliphatic rings. The summed E-state index contributed by atoms with van der Waals surface area (Å²) in [6, 6.07) is 1.83. The number of rotatable bonds is 0. The van der Waals surface area contributed by atoms with Crippen molar-refractivity contribution in [3.05, 3.63) is 18.5 Å². The van der Waals surface area contributed by atoms with E-state index in [0.717, 1.165) is 0 Å². The van der Waals surface area contributed by atoms with Crippen LogP contribution in [0.25, 0.3) is 0 Å². The summed E-state index contributed by atoms with van der Waals surface area (Å²) in [5, 5.41) is 6.21. The number of aromatic amines is 1. The van der Waals surface area contributed by atoms with E-state index in [2.05, 4.69) is 24.0 Å². The maximum Gasteiger partial charge on any atom is 0.0487 e. The van der Waals surface area contributed by atoms with E-state index in [1.54, 1.807) is 12.4 Å². The van der Waals surface area contributed by atoms with Gasteiger partial charge in [-0.25, -0.2) is 0 Å². The van der Waals surface area contributed by atoms with Gasteiger partial charge in [0.05, 0.1) is 0 Å². The van der Waals surface area contributed by atoms with Crippen LogP contribution in [0.4, 0.5) is 0 Å². The first-order valence-electron chi connectivity index (χ1n) is 3.85. The molecule has 0 unspecified atom stereocenters. The Morgan fingerprint density at radius 1 is 1.30 bits per heavy atom. The summed E-state index contributed by atoms with van der Waals surface area (Å²) in [5.41, 5.74) is 0. The largest absolute Gasteiger partial charge is 0.286 e. The van der Waals surface area contributed by atoms with Gasteiger partial charge in [0.2, 0.25) is 0 Å². The number of nitrogens with zero attached hydrogens (tertiary/aromatic N) is 1. The van der Waals surface area contributed by atoms with Crippen LogP contribution in [0.3, 0.4) is 0 Å². The molecule has 1 aromatic rings. The zero-order valence-corrected chi connectivity index (χ0v) is 7.39. The summed E-state index contributed by atoms with van der Waals surface area (Å²) in [7, 11) is 0. The number of hydrogen-bond acceptors (Lipinski definition) is 1. The molecule has 1 aromatic heterocycles. The third kappa shape index (κ3) is 15.7. The second kappa shape index (κ2) is 15.7. The van der Waals surface area contributed by atoms with Crippen molar-refractivity contribution < 1.29 is 0 Å². The van der Waals surface area contributed by atoms with E-state index in [1.165, 1.54) is 6.42 Å². The lowest BCUT2D eigenvalue weighted by Gasteiger charge is -1.49. The van der Waals surface area contributed by atoms with Crippen LogP contribution in [0.5, 0.6) is 0 Å². The van der Waals surface area contributed by atoms with Gasteiger partial charge >= 0.3 is 0 Å². The third-order valence-electron chi connectivity index (χ3n) is 0.406. The van der Waals surface area contributed by atoms with Gasteiger partial charge in [-0.15, -0.1) is 0 Å². The van der Waals surface area contributed by atoms with Crippen LogP contribution in [-0.2, 0) is 0 Å². The Hall–Kier alpha value is -0.790. The second-order valence-corrected chi connectivity index (χ2v) is 1.47. The standard InChI is InChI=1S/C3H4N2.C3H8.C2H6/c1-2-4-5-3-1;1-3-2;1-2/h1-3H,(H,4,5);3H2,1-2H3;1-2H3. The molecular formula is C8H18N2. The lowest BCUT2D eigenvalue weighted by atomic mass is 10.6. The molecule has 0 amide bonds.